The van der Waals surface area contributed by atoms with E-state index in [4.69, 9.17) is 0 Å². The van der Waals surface area contributed by atoms with Gasteiger partial charge < -0.3 is 0 Å². The van der Waals surface area contributed by atoms with Crippen LogP contribution in [0.2, 0.25) is 0 Å². The zero-order valence-electron chi connectivity index (χ0n) is 18.6. The summed E-state index contributed by atoms with van der Waals surface area (Å²) in [4.78, 5) is 9.32. The lowest BCUT2D eigenvalue weighted by molar-refractivity contribution is 0.580. The van der Waals surface area contributed by atoms with Crippen molar-refractivity contribution in [3.05, 3.63) is 83.9 Å². The lowest BCUT2D eigenvalue weighted by Crippen LogP contribution is -2.47. The summed E-state index contributed by atoms with van der Waals surface area (Å²) in [5.41, 5.74) is 2.80. The first-order valence-electron chi connectivity index (χ1n) is 10.6. The van der Waals surface area contributed by atoms with E-state index in [-0.39, 0.29) is 34.5 Å². The van der Waals surface area contributed by atoms with Gasteiger partial charge in [-0.05, 0) is 50.2 Å². The van der Waals surface area contributed by atoms with Gasteiger partial charge in [0, 0.05) is 0 Å². The molecule has 0 atom stereocenters. The molecule has 0 fully saturated rings. The molecule has 5 rings (SSSR count). The number of sulfonamides is 2. The summed E-state index contributed by atoms with van der Waals surface area (Å²) in [6.07, 6.45) is 0. The van der Waals surface area contributed by atoms with Crippen LogP contribution in [0.3, 0.4) is 0 Å². The van der Waals surface area contributed by atoms with Crippen LogP contribution in [0.4, 0.5) is 11.6 Å². The van der Waals surface area contributed by atoms with E-state index >= 15 is 0 Å². The maximum absolute atomic E-state index is 13.6. The SMILES string of the molecule is Cc1ccc(S(=O)(=O)N2CCN(S(=O)(=O)c3ccc(C)cc3)c3nc4ccccc4nc32)cc1. The second-order valence-electron chi connectivity index (χ2n) is 8.14. The third-order valence-corrected chi connectivity index (χ3v) is 9.34. The monoisotopic (exact) mass is 494 g/mol. The van der Waals surface area contributed by atoms with Crippen molar-refractivity contribution in [1.29, 1.82) is 0 Å². The summed E-state index contributed by atoms with van der Waals surface area (Å²) in [7, 11) is -7.98. The van der Waals surface area contributed by atoms with Crippen LogP contribution in [-0.2, 0) is 20.0 Å². The summed E-state index contributed by atoms with van der Waals surface area (Å²) in [6.45, 7) is 3.55. The summed E-state index contributed by atoms with van der Waals surface area (Å²) in [5.74, 6) is -0.0255. The highest BCUT2D eigenvalue weighted by Crippen LogP contribution is 2.37. The Morgan fingerprint density at radius 1 is 0.588 bits per heavy atom. The second-order valence-corrected chi connectivity index (χ2v) is 11.9. The minimum Gasteiger partial charge on any atom is -0.245 e. The second kappa shape index (κ2) is 8.07. The van der Waals surface area contributed by atoms with Gasteiger partial charge in [0.25, 0.3) is 20.0 Å². The lowest BCUT2D eigenvalue weighted by atomic mass is 10.2. The van der Waals surface area contributed by atoms with Crippen molar-refractivity contribution >= 4 is 42.7 Å². The molecule has 3 aromatic carbocycles. The lowest BCUT2D eigenvalue weighted by Gasteiger charge is -2.35. The maximum atomic E-state index is 13.6. The van der Waals surface area contributed by atoms with Gasteiger partial charge in [0.05, 0.1) is 33.9 Å². The number of hydrogen-bond donors (Lipinski definition) is 0. The highest BCUT2D eigenvalue weighted by molar-refractivity contribution is 7.93. The van der Waals surface area contributed by atoms with Crippen molar-refractivity contribution < 1.29 is 16.8 Å². The predicted molar refractivity (Wildman–Crippen MR) is 131 cm³/mol. The Morgan fingerprint density at radius 2 is 0.941 bits per heavy atom. The fraction of sp³-hybridized carbons (Fsp3) is 0.167. The first kappa shape index (κ1) is 22.3. The van der Waals surface area contributed by atoms with E-state index in [2.05, 4.69) is 9.97 Å². The van der Waals surface area contributed by atoms with Gasteiger partial charge >= 0.3 is 0 Å². The van der Waals surface area contributed by atoms with Crippen molar-refractivity contribution in [3.63, 3.8) is 0 Å². The first-order chi connectivity index (χ1) is 16.2. The fourth-order valence-electron chi connectivity index (χ4n) is 3.85. The van der Waals surface area contributed by atoms with Crippen LogP contribution in [0.5, 0.6) is 0 Å². The molecule has 0 unspecified atom stereocenters. The van der Waals surface area contributed by atoms with Crippen molar-refractivity contribution in [3.8, 4) is 0 Å². The zero-order chi connectivity index (χ0) is 24.1. The Hall–Kier alpha value is -3.50. The molecule has 1 aliphatic rings. The van der Waals surface area contributed by atoms with E-state index in [1.807, 2.05) is 13.8 Å². The number of rotatable bonds is 4. The molecule has 1 aromatic heterocycles. The summed E-state index contributed by atoms with van der Waals surface area (Å²) in [6, 6.07) is 20.0. The minimum absolute atomic E-state index is 0.0128. The van der Waals surface area contributed by atoms with Gasteiger partial charge in [0.1, 0.15) is 0 Å². The van der Waals surface area contributed by atoms with Gasteiger partial charge in [0.15, 0.2) is 11.6 Å². The van der Waals surface area contributed by atoms with Crippen LogP contribution in [0.1, 0.15) is 11.1 Å². The summed E-state index contributed by atoms with van der Waals surface area (Å²) in [5, 5.41) is 0. The van der Waals surface area contributed by atoms with Gasteiger partial charge in [-0.25, -0.2) is 35.4 Å². The number of aryl methyl sites for hydroxylation is 2. The number of para-hydroxylation sites is 2. The van der Waals surface area contributed by atoms with E-state index in [1.54, 1.807) is 48.5 Å². The first-order valence-corrected chi connectivity index (χ1v) is 13.5. The Bertz CT molecular complexity index is 1480. The molecule has 1 aliphatic heterocycles. The average Bonchev–Trinajstić information content (AvgIpc) is 2.82. The molecule has 0 spiro atoms. The molecular weight excluding hydrogens is 472 g/mol. The average molecular weight is 495 g/mol. The molecule has 0 saturated heterocycles. The van der Waals surface area contributed by atoms with Crippen LogP contribution in [0, 0.1) is 13.8 Å². The quantitative estimate of drug-likeness (QED) is 0.429. The molecule has 0 N–H and O–H groups in total. The van der Waals surface area contributed by atoms with Gasteiger partial charge in [0.2, 0.25) is 0 Å². The molecule has 0 bridgehead atoms. The van der Waals surface area contributed by atoms with Crippen molar-refractivity contribution in [2.45, 2.75) is 23.6 Å². The van der Waals surface area contributed by atoms with Crippen molar-refractivity contribution in [1.82, 2.24) is 9.97 Å². The standard InChI is InChI=1S/C24H22N4O4S2/c1-17-7-11-19(12-8-17)33(29,30)27-15-16-28(34(31,32)20-13-9-18(2)10-14-20)24-23(27)25-21-5-3-4-6-22(21)26-24/h3-14H,15-16H2,1-2H3. The molecule has 0 radical (unpaired) electrons. The molecular formula is C24H22N4O4S2. The Labute approximate surface area is 198 Å². The number of aromatic nitrogens is 2. The van der Waals surface area contributed by atoms with Crippen molar-refractivity contribution in [2.24, 2.45) is 0 Å². The van der Waals surface area contributed by atoms with E-state index in [0.717, 1.165) is 19.7 Å². The third-order valence-electron chi connectivity index (χ3n) is 5.73. The molecule has 8 nitrogen and oxygen atoms in total. The largest absolute Gasteiger partial charge is 0.265 e. The summed E-state index contributed by atoms with van der Waals surface area (Å²) >= 11 is 0. The number of nitrogens with zero attached hydrogens (tertiary/aromatic N) is 4. The van der Waals surface area contributed by atoms with Crippen LogP contribution in [0.25, 0.3) is 11.0 Å². The number of fused-ring (bicyclic) bond motifs is 2. The van der Waals surface area contributed by atoms with Crippen LogP contribution >= 0.6 is 0 Å². The number of hydrogen-bond acceptors (Lipinski definition) is 6. The van der Waals surface area contributed by atoms with Crippen molar-refractivity contribution in [2.75, 3.05) is 21.7 Å². The highest BCUT2D eigenvalue weighted by atomic mass is 32.2. The molecule has 0 saturated carbocycles. The van der Waals surface area contributed by atoms with E-state index < -0.39 is 20.0 Å². The molecule has 10 heteroatoms. The zero-order valence-corrected chi connectivity index (χ0v) is 20.2. The summed E-state index contributed by atoms with van der Waals surface area (Å²) < 4.78 is 56.5. The fourth-order valence-corrected chi connectivity index (χ4v) is 6.67. The van der Waals surface area contributed by atoms with Gasteiger partial charge in [-0.15, -0.1) is 0 Å². The Kier molecular flexibility index (Phi) is 5.29. The van der Waals surface area contributed by atoms with Gasteiger partial charge in [-0.3, -0.25) is 0 Å². The van der Waals surface area contributed by atoms with Gasteiger partial charge in [-0.1, -0.05) is 47.5 Å². The molecule has 174 valence electrons. The maximum Gasteiger partial charge on any atom is 0.265 e. The van der Waals surface area contributed by atoms with Crippen LogP contribution in [0.15, 0.2) is 82.6 Å². The highest BCUT2D eigenvalue weighted by Gasteiger charge is 2.39. The molecule has 34 heavy (non-hydrogen) atoms. The van der Waals surface area contributed by atoms with Crippen LogP contribution in [-0.4, -0.2) is 39.9 Å². The Morgan fingerprint density at radius 3 is 1.29 bits per heavy atom. The minimum atomic E-state index is -3.99. The molecule has 0 aliphatic carbocycles. The molecule has 2 heterocycles. The van der Waals surface area contributed by atoms with Gasteiger partial charge in [-0.2, -0.15) is 0 Å². The van der Waals surface area contributed by atoms with Crippen LogP contribution < -0.4 is 8.61 Å². The van der Waals surface area contributed by atoms with E-state index in [9.17, 15) is 16.8 Å². The van der Waals surface area contributed by atoms with E-state index in [0.29, 0.717) is 11.0 Å². The predicted octanol–water partition coefficient (Wildman–Crippen LogP) is 3.65. The molecule has 0 amide bonds. The number of anilines is 2. The smallest absolute Gasteiger partial charge is 0.245 e. The number of benzene rings is 3. The topological polar surface area (TPSA) is 101 Å². The molecule has 4 aromatic rings. The Balaban J connectivity index is 1.69. The van der Waals surface area contributed by atoms with E-state index in [1.165, 1.54) is 24.3 Å². The third kappa shape index (κ3) is 3.68. The normalized spacial score (nSPS) is 14.3.